The summed E-state index contributed by atoms with van der Waals surface area (Å²) in [4.78, 5) is 17.3. The molecule has 0 fully saturated rings. The minimum absolute atomic E-state index is 0.107. The molecule has 0 atom stereocenters. The summed E-state index contributed by atoms with van der Waals surface area (Å²) in [6.45, 7) is 0. The molecule has 0 spiro atoms. The zero-order valence-electron chi connectivity index (χ0n) is 15.4. The molecule has 0 saturated carbocycles. The molecule has 4 aromatic rings. The van der Waals surface area contributed by atoms with Gasteiger partial charge in [-0.1, -0.05) is 12.1 Å². The number of nitrogens with zero attached hydrogens (tertiary/aromatic N) is 2. The highest BCUT2D eigenvalue weighted by Crippen LogP contribution is 2.35. The Hall–Kier alpha value is -4.07. The minimum Gasteiger partial charge on any atom is -0.399 e. The molecule has 0 radical (unpaired) electrons. The lowest BCUT2D eigenvalue weighted by molar-refractivity contribution is 0.255. The number of pyridine rings is 1. The molecule has 4 rings (SSSR count). The fraction of sp³-hybridized carbons (Fsp3) is 0. The number of carbonyl (C=O) groups is 1. The summed E-state index contributed by atoms with van der Waals surface area (Å²) >= 11 is 0. The first-order valence-electron chi connectivity index (χ1n) is 8.85. The molecule has 0 aliphatic rings. The number of halogens is 3. The number of primary amides is 1. The van der Waals surface area contributed by atoms with Gasteiger partial charge in [-0.15, -0.1) is 0 Å². The zero-order valence-corrected chi connectivity index (χ0v) is 15.4. The van der Waals surface area contributed by atoms with Crippen LogP contribution >= 0.6 is 0 Å². The highest BCUT2D eigenvalue weighted by Gasteiger charge is 2.25. The number of nitrogen functional groups attached to an aromatic ring is 1. The lowest BCUT2D eigenvalue weighted by Crippen LogP contribution is -2.33. The Bertz CT molecular complexity index is 1260. The van der Waals surface area contributed by atoms with Gasteiger partial charge in [0.2, 0.25) is 0 Å². The van der Waals surface area contributed by atoms with Crippen molar-refractivity contribution in [2.45, 2.75) is 0 Å². The first kappa shape index (κ1) is 19.3. The van der Waals surface area contributed by atoms with Gasteiger partial charge in [0.1, 0.15) is 29.0 Å². The van der Waals surface area contributed by atoms with Gasteiger partial charge in [0.25, 0.3) is 0 Å². The molecular formula is C22H15F3N4O. The normalized spacial score (nSPS) is 10.9. The number of carbonyl (C=O) groups excluding carboxylic acids is 1. The summed E-state index contributed by atoms with van der Waals surface area (Å²) in [6.07, 6.45) is 0. The lowest BCUT2D eigenvalue weighted by atomic mass is 10.0. The summed E-state index contributed by atoms with van der Waals surface area (Å²) in [5, 5.41) is 1.21. The number of fused-ring (bicyclic) bond motifs is 1. The zero-order chi connectivity index (χ0) is 21.4. The van der Waals surface area contributed by atoms with Crippen LogP contribution in [0.3, 0.4) is 0 Å². The van der Waals surface area contributed by atoms with Gasteiger partial charge < -0.3 is 11.5 Å². The van der Waals surface area contributed by atoms with Crippen molar-refractivity contribution in [1.29, 1.82) is 0 Å². The fourth-order valence-electron chi connectivity index (χ4n) is 3.25. The average molecular weight is 408 g/mol. The summed E-state index contributed by atoms with van der Waals surface area (Å²) in [5.74, 6) is -2.50. The third kappa shape index (κ3) is 3.39. The maximum atomic E-state index is 14.4. The number of nitrogens with two attached hydrogens (primary N) is 2. The smallest absolute Gasteiger partial charge is 0.325 e. The van der Waals surface area contributed by atoms with Crippen LogP contribution in [0.4, 0.5) is 35.2 Å². The molecule has 150 valence electrons. The van der Waals surface area contributed by atoms with Crippen LogP contribution in [0, 0.1) is 17.5 Å². The van der Waals surface area contributed by atoms with Crippen LogP contribution in [-0.4, -0.2) is 11.0 Å². The summed E-state index contributed by atoms with van der Waals surface area (Å²) < 4.78 is 42.2. The number of benzene rings is 3. The number of para-hydroxylation sites is 1. The van der Waals surface area contributed by atoms with Crippen molar-refractivity contribution in [3.63, 3.8) is 0 Å². The molecule has 1 heterocycles. The van der Waals surface area contributed by atoms with Gasteiger partial charge >= 0.3 is 6.03 Å². The second kappa shape index (κ2) is 7.40. The van der Waals surface area contributed by atoms with Gasteiger partial charge in [-0.3, -0.25) is 0 Å². The van der Waals surface area contributed by atoms with E-state index in [1.54, 1.807) is 18.2 Å². The molecule has 5 nitrogen and oxygen atoms in total. The Morgan fingerprint density at radius 3 is 2.20 bits per heavy atom. The Balaban J connectivity index is 2.02. The first-order chi connectivity index (χ1) is 14.3. The van der Waals surface area contributed by atoms with Gasteiger partial charge in [-0.05, 0) is 60.0 Å². The predicted molar refractivity (Wildman–Crippen MR) is 110 cm³/mol. The first-order valence-corrected chi connectivity index (χ1v) is 8.85. The van der Waals surface area contributed by atoms with Gasteiger partial charge in [-0.25, -0.2) is 27.8 Å². The van der Waals surface area contributed by atoms with Crippen LogP contribution < -0.4 is 16.4 Å². The summed E-state index contributed by atoms with van der Waals surface area (Å²) in [6, 6.07) is 14.1. The van der Waals surface area contributed by atoms with Crippen LogP contribution in [0.5, 0.6) is 0 Å². The molecule has 0 bridgehead atoms. The predicted octanol–water partition coefficient (Wildman–Crippen LogP) is 5.12. The van der Waals surface area contributed by atoms with E-state index in [9.17, 15) is 18.0 Å². The molecule has 0 aliphatic carbocycles. The maximum Gasteiger partial charge on any atom is 0.325 e. The molecule has 0 aliphatic heterocycles. The second-order valence-corrected chi connectivity index (χ2v) is 6.56. The molecule has 2 amide bonds. The Labute approximate surface area is 169 Å². The highest BCUT2D eigenvalue weighted by molar-refractivity contribution is 6.03. The van der Waals surface area contributed by atoms with Gasteiger partial charge in [0.05, 0.1) is 5.69 Å². The molecule has 4 N–H and O–H groups in total. The number of urea groups is 1. The number of aromatic nitrogens is 1. The van der Waals surface area contributed by atoms with Gasteiger partial charge in [0, 0.05) is 16.6 Å². The van der Waals surface area contributed by atoms with Crippen molar-refractivity contribution >= 4 is 34.0 Å². The standard InChI is InChI=1S/C22H15F3N4O/c23-14-6-4-12(5-7-14)20-16-9-8-15(26)10-13(16)11-19(28-20)29(22(27)30)21-17(24)2-1-3-18(21)25/h1-11H,26H2,(H2,27,30). The average Bonchev–Trinajstić information content (AvgIpc) is 2.70. The van der Waals surface area contributed by atoms with Crippen LogP contribution in [0.15, 0.2) is 66.7 Å². The number of hydrogen-bond donors (Lipinski definition) is 2. The topological polar surface area (TPSA) is 85.2 Å². The molecule has 1 aromatic heterocycles. The Kier molecular flexibility index (Phi) is 4.75. The quantitative estimate of drug-likeness (QED) is 0.462. The highest BCUT2D eigenvalue weighted by atomic mass is 19.1. The molecule has 0 unspecified atom stereocenters. The van der Waals surface area contributed by atoms with E-state index in [-0.39, 0.29) is 5.82 Å². The lowest BCUT2D eigenvalue weighted by Gasteiger charge is -2.22. The van der Waals surface area contributed by atoms with E-state index in [1.165, 1.54) is 36.4 Å². The SMILES string of the molecule is NC(=O)N(c1cc2cc(N)ccc2c(-c2ccc(F)cc2)n1)c1c(F)cccc1F. The van der Waals surface area contributed by atoms with Crippen LogP contribution in [-0.2, 0) is 0 Å². The molecule has 0 saturated heterocycles. The molecule has 3 aromatic carbocycles. The van der Waals surface area contributed by atoms with Crippen molar-refractivity contribution in [3.8, 4) is 11.3 Å². The summed E-state index contributed by atoms with van der Waals surface area (Å²) in [7, 11) is 0. The Morgan fingerprint density at radius 2 is 1.57 bits per heavy atom. The fourth-order valence-corrected chi connectivity index (χ4v) is 3.25. The van der Waals surface area contributed by atoms with Crippen molar-refractivity contribution in [2.24, 2.45) is 5.73 Å². The van der Waals surface area contributed by atoms with E-state index >= 15 is 0 Å². The third-order valence-electron chi connectivity index (χ3n) is 4.57. The number of amides is 2. The van der Waals surface area contributed by atoms with Gasteiger partial charge in [-0.2, -0.15) is 0 Å². The van der Waals surface area contributed by atoms with E-state index in [4.69, 9.17) is 11.5 Å². The van der Waals surface area contributed by atoms with E-state index in [1.807, 2.05) is 0 Å². The number of rotatable bonds is 3. The van der Waals surface area contributed by atoms with Crippen molar-refractivity contribution in [2.75, 3.05) is 10.6 Å². The third-order valence-corrected chi connectivity index (χ3v) is 4.57. The molecular weight excluding hydrogens is 393 g/mol. The van der Waals surface area contributed by atoms with Gasteiger partial charge in [0.15, 0.2) is 0 Å². The van der Waals surface area contributed by atoms with Crippen LogP contribution in [0.1, 0.15) is 0 Å². The largest absolute Gasteiger partial charge is 0.399 e. The van der Waals surface area contributed by atoms with E-state index in [2.05, 4.69) is 4.98 Å². The minimum atomic E-state index is -1.13. The van der Waals surface area contributed by atoms with Crippen molar-refractivity contribution in [3.05, 3.63) is 84.2 Å². The number of anilines is 3. The van der Waals surface area contributed by atoms with Crippen molar-refractivity contribution in [1.82, 2.24) is 4.98 Å². The monoisotopic (exact) mass is 408 g/mol. The molecule has 30 heavy (non-hydrogen) atoms. The Morgan fingerprint density at radius 1 is 0.900 bits per heavy atom. The van der Waals surface area contributed by atoms with E-state index in [0.717, 1.165) is 12.1 Å². The molecule has 8 heteroatoms. The number of hydrogen-bond acceptors (Lipinski definition) is 3. The summed E-state index contributed by atoms with van der Waals surface area (Å²) in [5.41, 5.74) is 12.0. The van der Waals surface area contributed by atoms with E-state index < -0.39 is 29.2 Å². The van der Waals surface area contributed by atoms with Crippen molar-refractivity contribution < 1.29 is 18.0 Å². The van der Waals surface area contributed by atoms with Crippen LogP contribution in [0.25, 0.3) is 22.0 Å². The van der Waals surface area contributed by atoms with E-state index in [0.29, 0.717) is 32.6 Å². The maximum absolute atomic E-state index is 14.4. The van der Waals surface area contributed by atoms with Crippen LogP contribution in [0.2, 0.25) is 0 Å². The second-order valence-electron chi connectivity index (χ2n) is 6.56.